The van der Waals surface area contributed by atoms with Gasteiger partial charge >= 0.3 is 0 Å². The Kier molecular flexibility index (Phi) is 7.80. The predicted octanol–water partition coefficient (Wildman–Crippen LogP) is 1.35. The van der Waals surface area contributed by atoms with Crippen LogP contribution in [0.3, 0.4) is 0 Å². The van der Waals surface area contributed by atoms with E-state index in [-0.39, 0.29) is 12.5 Å². The molecule has 1 saturated heterocycles. The van der Waals surface area contributed by atoms with E-state index in [2.05, 4.69) is 27.9 Å². The molecule has 5 nitrogen and oxygen atoms in total. The molecule has 0 aromatic heterocycles. The smallest absolute Gasteiger partial charge is 0.241 e. The minimum atomic E-state index is -0.0227. The van der Waals surface area contributed by atoms with Crippen LogP contribution in [-0.4, -0.2) is 48.5 Å². The molecule has 1 fully saturated rings. The molecule has 20 heavy (non-hydrogen) atoms. The van der Waals surface area contributed by atoms with Gasteiger partial charge in [0.05, 0.1) is 0 Å². The molecule has 6 heteroatoms. The molecule has 0 aromatic rings. The van der Waals surface area contributed by atoms with Crippen molar-refractivity contribution in [2.75, 3.05) is 31.9 Å². The molecule has 0 saturated carbocycles. The van der Waals surface area contributed by atoms with E-state index >= 15 is 0 Å². The van der Waals surface area contributed by atoms with Crippen molar-refractivity contribution in [2.45, 2.75) is 44.8 Å². The van der Waals surface area contributed by atoms with E-state index in [1.165, 1.54) is 18.6 Å². The summed E-state index contributed by atoms with van der Waals surface area (Å²) in [6, 6.07) is 0. The van der Waals surface area contributed by atoms with Crippen LogP contribution >= 0.6 is 11.8 Å². The molecular formula is C14H28N4OS. The maximum Gasteiger partial charge on any atom is 0.241 e. The van der Waals surface area contributed by atoms with E-state index in [1.807, 2.05) is 25.6 Å². The van der Waals surface area contributed by atoms with E-state index in [4.69, 9.17) is 0 Å². The Hall–Kier alpha value is -0.910. The standard InChI is InChI=1S/C14H28N4OS/c1-4-8-16-12(19)10-17-13(15-5-2)18-11-14(3)7-6-9-20-14/h4-11H2,1-3H3,(H,16,19)(H2,15,17,18). The third-order valence-electron chi connectivity index (χ3n) is 3.23. The molecule has 3 N–H and O–H groups in total. The summed E-state index contributed by atoms with van der Waals surface area (Å²) in [5.41, 5.74) is 0. The molecule has 1 aliphatic heterocycles. The molecule has 0 aromatic carbocycles. The second kappa shape index (κ2) is 9.10. The summed E-state index contributed by atoms with van der Waals surface area (Å²) in [6.45, 7) is 8.93. The zero-order valence-electron chi connectivity index (χ0n) is 12.9. The van der Waals surface area contributed by atoms with Crippen molar-refractivity contribution in [2.24, 2.45) is 4.99 Å². The molecule has 1 amide bonds. The van der Waals surface area contributed by atoms with E-state index in [1.54, 1.807) is 0 Å². The van der Waals surface area contributed by atoms with Gasteiger partial charge in [-0.15, -0.1) is 0 Å². The van der Waals surface area contributed by atoms with Crippen molar-refractivity contribution >= 4 is 23.6 Å². The highest BCUT2D eigenvalue weighted by Crippen LogP contribution is 2.36. The molecule has 0 bridgehead atoms. The van der Waals surface area contributed by atoms with Gasteiger partial charge in [-0.3, -0.25) is 4.79 Å². The Labute approximate surface area is 126 Å². The Morgan fingerprint density at radius 1 is 1.30 bits per heavy atom. The van der Waals surface area contributed by atoms with Crippen molar-refractivity contribution in [1.29, 1.82) is 0 Å². The first kappa shape index (κ1) is 17.1. The first-order valence-corrected chi connectivity index (χ1v) is 8.51. The molecule has 0 aliphatic carbocycles. The Morgan fingerprint density at radius 3 is 2.70 bits per heavy atom. The van der Waals surface area contributed by atoms with Gasteiger partial charge in [-0.2, -0.15) is 11.8 Å². The number of guanidine groups is 1. The summed E-state index contributed by atoms with van der Waals surface area (Å²) in [4.78, 5) is 15.9. The van der Waals surface area contributed by atoms with E-state index in [0.717, 1.165) is 25.5 Å². The monoisotopic (exact) mass is 300 g/mol. The Morgan fingerprint density at radius 2 is 2.10 bits per heavy atom. The average molecular weight is 300 g/mol. The lowest BCUT2D eigenvalue weighted by Gasteiger charge is -2.24. The van der Waals surface area contributed by atoms with Crippen LogP contribution in [0.5, 0.6) is 0 Å². The highest BCUT2D eigenvalue weighted by Gasteiger charge is 2.29. The number of aliphatic imine (C=N–C) groups is 1. The number of amides is 1. The number of nitrogens with zero attached hydrogens (tertiary/aromatic N) is 1. The van der Waals surface area contributed by atoms with Crippen LogP contribution in [-0.2, 0) is 4.79 Å². The lowest BCUT2D eigenvalue weighted by molar-refractivity contribution is -0.119. The summed E-state index contributed by atoms with van der Waals surface area (Å²) in [5.74, 6) is 1.95. The van der Waals surface area contributed by atoms with Crippen LogP contribution < -0.4 is 16.0 Å². The van der Waals surface area contributed by atoms with Gasteiger partial charge in [-0.1, -0.05) is 6.92 Å². The normalized spacial score (nSPS) is 22.6. The second-order valence-corrected chi connectivity index (χ2v) is 6.98. The van der Waals surface area contributed by atoms with Crippen molar-refractivity contribution in [3.63, 3.8) is 0 Å². The van der Waals surface area contributed by atoms with Crippen LogP contribution in [0, 0.1) is 0 Å². The zero-order chi connectivity index (χ0) is 14.8. The number of nitrogens with one attached hydrogen (secondary N) is 3. The van der Waals surface area contributed by atoms with Gasteiger partial charge in [0.1, 0.15) is 6.54 Å². The van der Waals surface area contributed by atoms with Gasteiger partial charge in [-0.25, -0.2) is 4.99 Å². The van der Waals surface area contributed by atoms with Crippen LogP contribution in [0.25, 0.3) is 0 Å². The number of hydrogen-bond acceptors (Lipinski definition) is 3. The minimum absolute atomic E-state index is 0.0227. The molecule has 1 rings (SSSR count). The van der Waals surface area contributed by atoms with Crippen molar-refractivity contribution < 1.29 is 4.79 Å². The van der Waals surface area contributed by atoms with Crippen molar-refractivity contribution in [3.8, 4) is 0 Å². The van der Waals surface area contributed by atoms with Gasteiger partial charge in [0, 0.05) is 24.4 Å². The number of carbonyl (C=O) groups excluding carboxylic acids is 1. The van der Waals surface area contributed by atoms with E-state index < -0.39 is 0 Å². The van der Waals surface area contributed by atoms with Gasteiger partial charge in [0.15, 0.2) is 5.96 Å². The summed E-state index contributed by atoms with van der Waals surface area (Å²) in [6.07, 6.45) is 3.47. The van der Waals surface area contributed by atoms with Gasteiger partial charge in [-0.05, 0) is 38.9 Å². The molecular weight excluding hydrogens is 272 g/mol. The van der Waals surface area contributed by atoms with Crippen LogP contribution in [0.4, 0.5) is 0 Å². The SMILES string of the molecule is CCCNC(=O)CN=C(NCC)NCC1(C)CCCS1. The molecule has 116 valence electrons. The summed E-state index contributed by atoms with van der Waals surface area (Å²) in [5, 5.41) is 9.37. The zero-order valence-corrected chi connectivity index (χ0v) is 13.7. The highest BCUT2D eigenvalue weighted by molar-refractivity contribution is 8.00. The maximum absolute atomic E-state index is 11.6. The fraction of sp³-hybridized carbons (Fsp3) is 0.857. The minimum Gasteiger partial charge on any atom is -0.357 e. The Bertz CT molecular complexity index is 327. The average Bonchev–Trinajstić information content (AvgIpc) is 2.87. The van der Waals surface area contributed by atoms with Crippen molar-refractivity contribution in [3.05, 3.63) is 0 Å². The maximum atomic E-state index is 11.6. The predicted molar refractivity (Wildman–Crippen MR) is 87.4 cm³/mol. The second-order valence-electron chi connectivity index (χ2n) is 5.30. The van der Waals surface area contributed by atoms with Crippen LogP contribution in [0.2, 0.25) is 0 Å². The molecule has 1 heterocycles. The summed E-state index contributed by atoms with van der Waals surface area (Å²) < 4.78 is 0.292. The highest BCUT2D eigenvalue weighted by atomic mass is 32.2. The number of carbonyl (C=O) groups is 1. The lowest BCUT2D eigenvalue weighted by Crippen LogP contribution is -2.44. The molecule has 0 spiro atoms. The number of thioether (sulfide) groups is 1. The molecule has 0 radical (unpaired) electrons. The lowest BCUT2D eigenvalue weighted by atomic mass is 10.1. The number of rotatable bonds is 7. The van der Waals surface area contributed by atoms with E-state index in [0.29, 0.717) is 11.3 Å². The third-order valence-corrected chi connectivity index (χ3v) is 4.77. The first-order chi connectivity index (χ1) is 9.59. The third kappa shape index (κ3) is 6.50. The van der Waals surface area contributed by atoms with Gasteiger partial charge in [0.25, 0.3) is 0 Å². The molecule has 1 unspecified atom stereocenters. The largest absolute Gasteiger partial charge is 0.357 e. The quantitative estimate of drug-likeness (QED) is 0.490. The number of hydrogen-bond donors (Lipinski definition) is 3. The van der Waals surface area contributed by atoms with Gasteiger partial charge < -0.3 is 16.0 Å². The van der Waals surface area contributed by atoms with Crippen molar-refractivity contribution in [1.82, 2.24) is 16.0 Å². The first-order valence-electron chi connectivity index (χ1n) is 7.52. The molecule has 1 aliphatic rings. The Balaban J connectivity index is 2.40. The molecule has 1 atom stereocenters. The fourth-order valence-corrected chi connectivity index (χ4v) is 3.30. The topological polar surface area (TPSA) is 65.5 Å². The fourth-order valence-electron chi connectivity index (χ4n) is 2.06. The van der Waals surface area contributed by atoms with Crippen LogP contribution in [0.1, 0.15) is 40.0 Å². The summed E-state index contributed by atoms with van der Waals surface area (Å²) in [7, 11) is 0. The van der Waals surface area contributed by atoms with Crippen LogP contribution in [0.15, 0.2) is 4.99 Å². The van der Waals surface area contributed by atoms with Gasteiger partial charge in [0.2, 0.25) is 5.91 Å². The summed E-state index contributed by atoms with van der Waals surface area (Å²) >= 11 is 2.02. The van der Waals surface area contributed by atoms with E-state index in [9.17, 15) is 4.79 Å².